The van der Waals surface area contributed by atoms with Crippen LogP contribution in [0.3, 0.4) is 0 Å². The first kappa shape index (κ1) is 10.9. The summed E-state index contributed by atoms with van der Waals surface area (Å²) in [5, 5.41) is 0. The molecule has 0 atom stereocenters. The Kier molecular flexibility index (Phi) is 3.43. The summed E-state index contributed by atoms with van der Waals surface area (Å²) in [7, 11) is -4.07. The molecule has 4 nitrogen and oxygen atoms in total. The molecule has 0 unspecified atom stereocenters. The second kappa shape index (κ2) is 4.39. The fourth-order valence-corrected chi connectivity index (χ4v) is 1.48. The predicted octanol–water partition coefficient (Wildman–Crippen LogP) is 1.49. The standard InChI is InChI=1S/C8H9FO4S/c1-2-12-14(10,11)13-8-5-3-4-7(9)6-8/h3-6H,2H2,1H3. The van der Waals surface area contributed by atoms with E-state index in [1.807, 2.05) is 0 Å². The highest BCUT2D eigenvalue weighted by atomic mass is 32.3. The Morgan fingerprint density at radius 1 is 1.43 bits per heavy atom. The van der Waals surface area contributed by atoms with Crippen LogP contribution in [0.1, 0.15) is 6.92 Å². The van der Waals surface area contributed by atoms with Gasteiger partial charge in [-0.15, -0.1) is 0 Å². The maximum absolute atomic E-state index is 12.6. The molecule has 1 aromatic carbocycles. The van der Waals surface area contributed by atoms with Gasteiger partial charge < -0.3 is 4.18 Å². The third kappa shape index (κ3) is 3.31. The first-order valence-electron chi connectivity index (χ1n) is 3.88. The minimum absolute atomic E-state index is 0.0301. The Balaban J connectivity index is 2.79. The van der Waals surface area contributed by atoms with Crippen molar-refractivity contribution in [3.05, 3.63) is 30.1 Å². The van der Waals surface area contributed by atoms with Crippen LogP contribution >= 0.6 is 0 Å². The second-order valence-electron chi connectivity index (χ2n) is 2.36. The van der Waals surface area contributed by atoms with Gasteiger partial charge in [-0.1, -0.05) is 6.07 Å². The van der Waals surface area contributed by atoms with E-state index in [-0.39, 0.29) is 12.4 Å². The van der Waals surface area contributed by atoms with E-state index < -0.39 is 16.2 Å². The Labute approximate surface area is 81.6 Å². The lowest BCUT2D eigenvalue weighted by Gasteiger charge is -2.04. The van der Waals surface area contributed by atoms with Gasteiger partial charge in [0.15, 0.2) is 0 Å². The third-order valence-corrected chi connectivity index (χ3v) is 2.18. The quantitative estimate of drug-likeness (QED) is 0.771. The lowest BCUT2D eigenvalue weighted by atomic mass is 10.3. The minimum atomic E-state index is -4.07. The van der Waals surface area contributed by atoms with E-state index in [0.717, 1.165) is 6.07 Å². The van der Waals surface area contributed by atoms with Gasteiger partial charge in [-0.2, -0.15) is 8.42 Å². The molecule has 0 radical (unpaired) electrons. The number of hydrogen-bond acceptors (Lipinski definition) is 4. The van der Waals surface area contributed by atoms with Crippen LogP contribution in [0.15, 0.2) is 24.3 Å². The van der Waals surface area contributed by atoms with Crippen LogP contribution in [0.5, 0.6) is 5.75 Å². The highest BCUT2D eigenvalue weighted by molar-refractivity contribution is 7.82. The molecule has 0 fully saturated rings. The van der Waals surface area contributed by atoms with Gasteiger partial charge in [0, 0.05) is 6.07 Å². The monoisotopic (exact) mass is 220 g/mol. The summed E-state index contributed by atoms with van der Waals surface area (Å²) in [6.45, 7) is 1.48. The smallest absolute Gasteiger partial charge is 0.362 e. The van der Waals surface area contributed by atoms with E-state index in [1.54, 1.807) is 0 Å². The van der Waals surface area contributed by atoms with Gasteiger partial charge >= 0.3 is 10.4 Å². The highest BCUT2D eigenvalue weighted by Crippen LogP contribution is 2.14. The molecule has 0 aromatic heterocycles. The largest absolute Gasteiger partial charge is 0.449 e. The van der Waals surface area contributed by atoms with Crippen molar-refractivity contribution in [3.63, 3.8) is 0 Å². The van der Waals surface area contributed by atoms with Gasteiger partial charge in [0.25, 0.3) is 0 Å². The number of rotatable bonds is 4. The van der Waals surface area contributed by atoms with Gasteiger partial charge in [-0.25, -0.2) is 8.57 Å². The molecule has 0 aliphatic carbocycles. The summed E-state index contributed by atoms with van der Waals surface area (Å²) < 4.78 is 43.2. The Bertz CT molecular complexity index is 402. The van der Waals surface area contributed by atoms with Crippen molar-refractivity contribution >= 4 is 10.4 Å². The van der Waals surface area contributed by atoms with Crippen LogP contribution in [0, 0.1) is 5.82 Å². The molecule has 1 aromatic rings. The zero-order valence-corrected chi connectivity index (χ0v) is 8.25. The molecular formula is C8H9FO4S. The lowest BCUT2D eigenvalue weighted by Crippen LogP contribution is -2.12. The van der Waals surface area contributed by atoms with Crippen LogP contribution in [0.2, 0.25) is 0 Å². The molecule has 0 amide bonds. The molecule has 0 heterocycles. The van der Waals surface area contributed by atoms with Gasteiger partial charge in [-0.3, -0.25) is 0 Å². The molecule has 0 aliphatic rings. The maximum Gasteiger partial charge on any atom is 0.449 e. The van der Waals surface area contributed by atoms with Crippen LogP contribution in [-0.2, 0) is 14.6 Å². The van der Waals surface area contributed by atoms with Crippen molar-refractivity contribution in [1.29, 1.82) is 0 Å². The van der Waals surface area contributed by atoms with Crippen molar-refractivity contribution in [2.75, 3.05) is 6.61 Å². The topological polar surface area (TPSA) is 52.6 Å². The summed E-state index contributed by atoms with van der Waals surface area (Å²) >= 11 is 0. The minimum Gasteiger partial charge on any atom is -0.362 e. The van der Waals surface area contributed by atoms with E-state index in [0.29, 0.717) is 0 Å². The lowest BCUT2D eigenvalue weighted by molar-refractivity contribution is 0.287. The molecule has 0 N–H and O–H groups in total. The number of benzene rings is 1. The van der Waals surface area contributed by atoms with Gasteiger partial charge in [0.05, 0.1) is 6.61 Å². The average Bonchev–Trinajstić information content (AvgIpc) is 2.02. The Hall–Kier alpha value is -1.14. The Morgan fingerprint density at radius 2 is 2.14 bits per heavy atom. The zero-order chi connectivity index (χ0) is 10.6. The first-order valence-corrected chi connectivity index (χ1v) is 5.21. The molecule has 0 saturated carbocycles. The van der Waals surface area contributed by atoms with Crippen LogP contribution in [0.4, 0.5) is 4.39 Å². The molecule has 0 aliphatic heterocycles. The average molecular weight is 220 g/mol. The molecule has 14 heavy (non-hydrogen) atoms. The molecule has 0 spiro atoms. The van der Waals surface area contributed by atoms with Gasteiger partial charge in [-0.05, 0) is 19.1 Å². The van der Waals surface area contributed by atoms with Crippen LogP contribution < -0.4 is 4.18 Å². The molecule has 1 rings (SSSR count). The maximum atomic E-state index is 12.6. The summed E-state index contributed by atoms with van der Waals surface area (Å²) in [6.07, 6.45) is 0. The SMILES string of the molecule is CCOS(=O)(=O)Oc1cccc(F)c1. The summed E-state index contributed by atoms with van der Waals surface area (Å²) in [5.74, 6) is -0.687. The van der Waals surface area contributed by atoms with E-state index in [1.165, 1.54) is 25.1 Å². The van der Waals surface area contributed by atoms with Crippen molar-refractivity contribution in [2.45, 2.75) is 6.92 Å². The van der Waals surface area contributed by atoms with Crippen LogP contribution in [-0.4, -0.2) is 15.0 Å². The second-order valence-corrected chi connectivity index (χ2v) is 3.57. The van der Waals surface area contributed by atoms with Crippen molar-refractivity contribution in [1.82, 2.24) is 0 Å². The number of hydrogen-bond donors (Lipinski definition) is 0. The molecule has 0 bridgehead atoms. The first-order chi connectivity index (χ1) is 6.53. The Morgan fingerprint density at radius 3 is 2.71 bits per heavy atom. The van der Waals surface area contributed by atoms with Gasteiger partial charge in [0.2, 0.25) is 0 Å². The molecule has 78 valence electrons. The fraction of sp³-hybridized carbons (Fsp3) is 0.250. The summed E-state index contributed by atoms with van der Waals surface area (Å²) in [6, 6.07) is 4.79. The molecule has 0 saturated heterocycles. The van der Waals surface area contributed by atoms with E-state index >= 15 is 0 Å². The van der Waals surface area contributed by atoms with E-state index in [4.69, 9.17) is 0 Å². The van der Waals surface area contributed by atoms with Crippen LogP contribution in [0.25, 0.3) is 0 Å². The summed E-state index contributed by atoms with van der Waals surface area (Å²) in [5.41, 5.74) is 0. The number of halogens is 1. The highest BCUT2D eigenvalue weighted by Gasteiger charge is 2.12. The normalized spacial score (nSPS) is 11.3. The van der Waals surface area contributed by atoms with Crippen molar-refractivity contribution in [2.24, 2.45) is 0 Å². The summed E-state index contributed by atoms with van der Waals surface area (Å²) in [4.78, 5) is 0. The fourth-order valence-electron chi connectivity index (χ4n) is 0.805. The van der Waals surface area contributed by atoms with Gasteiger partial charge in [0.1, 0.15) is 11.6 Å². The molecular weight excluding hydrogens is 211 g/mol. The zero-order valence-electron chi connectivity index (χ0n) is 7.44. The van der Waals surface area contributed by atoms with E-state index in [2.05, 4.69) is 8.37 Å². The predicted molar refractivity (Wildman–Crippen MR) is 47.6 cm³/mol. The molecule has 6 heteroatoms. The van der Waals surface area contributed by atoms with Crippen molar-refractivity contribution < 1.29 is 21.2 Å². The third-order valence-electron chi connectivity index (χ3n) is 1.26. The van der Waals surface area contributed by atoms with E-state index in [9.17, 15) is 12.8 Å². The van der Waals surface area contributed by atoms with Crippen molar-refractivity contribution in [3.8, 4) is 5.75 Å².